The standard InChI is InChI=1S/C16H18F3NO5/c1-3-24-13-8-11(4-6-12(13)23-2)5-7-15(22)25-9-14(21)20-10-16(17,18)19/h4-8H,3,9-10H2,1-2H3,(H,20,21)/b7-5+. The number of nitrogens with one attached hydrogen (secondary N) is 1. The molecular formula is C16H18F3NO5. The predicted octanol–water partition coefficient (Wildman–Crippen LogP) is 2.33. The number of benzene rings is 1. The van der Waals surface area contributed by atoms with Crippen molar-refractivity contribution in [3.05, 3.63) is 29.8 Å². The van der Waals surface area contributed by atoms with Crippen molar-refractivity contribution in [1.29, 1.82) is 0 Å². The molecule has 0 atom stereocenters. The van der Waals surface area contributed by atoms with Crippen LogP contribution in [0.1, 0.15) is 12.5 Å². The number of esters is 1. The number of hydrogen-bond donors (Lipinski definition) is 1. The first-order valence-corrected chi connectivity index (χ1v) is 7.24. The van der Waals surface area contributed by atoms with Crippen molar-refractivity contribution in [3.8, 4) is 11.5 Å². The Hall–Kier alpha value is -2.71. The fraction of sp³-hybridized carbons (Fsp3) is 0.375. The molecule has 0 aliphatic carbocycles. The SMILES string of the molecule is CCOc1cc(/C=C/C(=O)OCC(=O)NCC(F)(F)F)ccc1OC. The summed E-state index contributed by atoms with van der Waals surface area (Å²) in [5.74, 6) is -0.881. The second-order valence-electron chi connectivity index (χ2n) is 4.68. The van der Waals surface area contributed by atoms with Crippen LogP contribution >= 0.6 is 0 Å². The van der Waals surface area contributed by atoms with Crippen LogP contribution in [0.4, 0.5) is 13.2 Å². The molecule has 0 heterocycles. The lowest BCUT2D eigenvalue weighted by Crippen LogP contribution is -2.36. The lowest BCUT2D eigenvalue weighted by atomic mass is 10.2. The molecule has 0 unspecified atom stereocenters. The van der Waals surface area contributed by atoms with Gasteiger partial charge in [-0.2, -0.15) is 13.2 Å². The minimum Gasteiger partial charge on any atom is -0.493 e. The summed E-state index contributed by atoms with van der Waals surface area (Å²) in [7, 11) is 1.49. The topological polar surface area (TPSA) is 73.9 Å². The van der Waals surface area contributed by atoms with E-state index in [9.17, 15) is 22.8 Å². The van der Waals surface area contributed by atoms with Gasteiger partial charge in [-0.25, -0.2) is 4.79 Å². The van der Waals surface area contributed by atoms with Gasteiger partial charge in [0, 0.05) is 6.08 Å². The Morgan fingerprint density at radius 2 is 1.96 bits per heavy atom. The zero-order valence-corrected chi connectivity index (χ0v) is 13.7. The van der Waals surface area contributed by atoms with E-state index in [0.29, 0.717) is 23.7 Å². The van der Waals surface area contributed by atoms with Gasteiger partial charge in [0.25, 0.3) is 5.91 Å². The number of methoxy groups -OCH3 is 1. The van der Waals surface area contributed by atoms with Gasteiger partial charge >= 0.3 is 12.1 Å². The number of hydrogen-bond acceptors (Lipinski definition) is 5. The summed E-state index contributed by atoms with van der Waals surface area (Å²) in [6.07, 6.45) is -2.06. The molecule has 9 heteroatoms. The van der Waals surface area contributed by atoms with Crippen molar-refractivity contribution in [2.24, 2.45) is 0 Å². The third-order valence-electron chi connectivity index (χ3n) is 2.73. The molecule has 1 N–H and O–H groups in total. The van der Waals surface area contributed by atoms with Crippen LogP contribution in [0.5, 0.6) is 11.5 Å². The van der Waals surface area contributed by atoms with Gasteiger partial charge < -0.3 is 19.5 Å². The Kier molecular flexibility index (Phi) is 7.77. The zero-order valence-electron chi connectivity index (χ0n) is 13.7. The molecule has 0 aliphatic heterocycles. The normalized spacial score (nSPS) is 11.2. The third kappa shape index (κ3) is 8.09. The molecule has 0 radical (unpaired) electrons. The van der Waals surface area contributed by atoms with Crippen LogP contribution in [-0.4, -0.2) is 44.9 Å². The largest absolute Gasteiger partial charge is 0.493 e. The van der Waals surface area contributed by atoms with E-state index in [0.717, 1.165) is 6.08 Å². The second-order valence-corrected chi connectivity index (χ2v) is 4.68. The summed E-state index contributed by atoms with van der Waals surface area (Å²) in [6.45, 7) is -0.0426. The molecule has 0 aliphatic rings. The molecule has 0 bridgehead atoms. The maximum Gasteiger partial charge on any atom is 0.405 e. The van der Waals surface area contributed by atoms with Gasteiger partial charge in [-0.05, 0) is 30.7 Å². The highest BCUT2D eigenvalue weighted by molar-refractivity contribution is 5.89. The van der Waals surface area contributed by atoms with Crippen molar-refractivity contribution in [2.45, 2.75) is 13.1 Å². The molecule has 25 heavy (non-hydrogen) atoms. The van der Waals surface area contributed by atoms with Gasteiger partial charge in [-0.15, -0.1) is 0 Å². The average molecular weight is 361 g/mol. The number of ether oxygens (including phenoxy) is 3. The van der Waals surface area contributed by atoms with Crippen LogP contribution in [0, 0.1) is 0 Å². The van der Waals surface area contributed by atoms with Crippen LogP contribution < -0.4 is 14.8 Å². The second kappa shape index (κ2) is 9.55. The minimum absolute atomic E-state index is 0.429. The number of alkyl halides is 3. The van der Waals surface area contributed by atoms with Crippen molar-refractivity contribution >= 4 is 18.0 Å². The molecule has 0 saturated carbocycles. The fourth-order valence-corrected chi connectivity index (χ4v) is 1.66. The average Bonchev–Trinajstić information content (AvgIpc) is 2.56. The van der Waals surface area contributed by atoms with Crippen molar-refractivity contribution in [2.75, 3.05) is 26.9 Å². The van der Waals surface area contributed by atoms with Crippen molar-refractivity contribution in [1.82, 2.24) is 5.32 Å². The van der Waals surface area contributed by atoms with E-state index < -0.39 is 31.2 Å². The van der Waals surface area contributed by atoms with Gasteiger partial charge in [0.1, 0.15) is 6.54 Å². The third-order valence-corrected chi connectivity index (χ3v) is 2.73. The number of carbonyl (C=O) groups excluding carboxylic acids is 2. The summed E-state index contributed by atoms with van der Waals surface area (Å²) >= 11 is 0. The molecule has 0 spiro atoms. The van der Waals surface area contributed by atoms with Gasteiger partial charge in [-0.1, -0.05) is 6.07 Å². The van der Waals surface area contributed by atoms with Gasteiger partial charge in [0.05, 0.1) is 13.7 Å². The minimum atomic E-state index is -4.52. The van der Waals surface area contributed by atoms with Crippen LogP contribution in [0.25, 0.3) is 6.08 Å². The van der Waals surface area contributed by atoms with E-state index in [4.69, 9.17) is 9.47 Å². The monoisotopic (exact) mass is 361 g/mol. The van der Waals surface area contributed by atoms with Crippen molar-refractivity contribution < 1.29 is 37.0 Å². The maximum atomic E-state index is 11.9. The lowest BCUT2D eigenvalue weighted by Gasteiger charge is -2.09. The van der Waals surface area contributed by atoms with E-state index in [1.54, 1.807) is 23.5 Å². The summed E-state index contributed by atoms with van der Waals surface area (Å²) in [6, 6.07) is 4.96. The predicted molar refractivity (Wildman–Crippen MR) is 83.2 cm³/mol. The number of carbonyl (C=O) groups is 2. The van der Waals surface area contributed by atoms with E-state index in [1.807, 2.05) is 6.92 Å². The van der Waals surface area contributed by atoms with Gasteiger partial charge in [0.2, 0.25) is 0 Å². The molecular weight excluding hydrogens is 343 g/mol. The molecule has 0 saturated heterocycles. The molecule has 1 rings (SSSR count). The van der Waals surface area contributed by atoms with Crippen LogP contribution in [0.15, 0.2) is 24.3 Å². The van der Waals surface area contributed by atoms with Crippen LogP contribution in [0.3, 0.4) is 0 Å². The van der Waals surface area contributed by atoms with E-state index in [-0.39, 0.29) is 0 Å². The molecule has 1 aromatic carbocycles. The van der Waals surface area contributed by atoms with Crippen LogP contribution in [-0.2, 0) is 14.3 Å². The Morgan fingerprint density at radius 3 is 2.56 bits per heavy atom. The van der Waals surface area contributed by atoms with Crippen molar-refractivity contribution in [3.63, 3.8) is 0 Å². The first-order valence-electron chi connectivity index (χ1n) is 7.24. The smallest absolute Gasteiger partial charge is 0.405 e. The molecule has 6 nitrogen and oxygen atoms in total. The first-order chi connectivity index (χ1) is 11.7. The number of rotatable bonds is 8. The van der Waals surface area contributed by atoms with E-state index in [2.05, 4.69) is 4.74 Å². The lowest BCUT2D eigenvalue weighted by molar-refractivity contribution is -0.148. The highest BCUT2D eigenvalue weighted by atomic mass is 19.4. The summed E-state index contributed by atoms with van der Waals surface area (Å²) in [5.41, 5.74) is 0.614. The Balaban J connectivity index is 2.54. The molecule has 1 amide bonds. The van der Waals surface area contributed by atoms with E-state index in [1.165, 1.54) is 13.2 Å². The summed E-state index contributed by atoms with van der Waals surface area (Å²) < 4.78 is 50.8. The molecule has 1 aromatic rings. The Labute approximate surface area is 142 Å². The number of amides is 1. The van der Waals surface area contributed by atoms with Crippen LogP contribution in [0.2, 0.25) is 0 Å². The zero-order chi connectivity index (χ0) is 18.9. The fourth-order valence-electron chi connectivity index (χ4n) is 1.66. The highest BCUT2D eigenvalue weighted by Gasteiger charge is 2.27. The Morgan fingerprint density at radius 1 is 1.24 bits per heavy atom. The maximum absolute atomic E-state index is 11.9. The highest BCUT2D eigenvalue weighted by Crippen LogP contribution is 2.28. The summed E-state index contributed by atoms with van der Waals surface area (Å²) in [4.78, 5) is 22.6. The molecule has 0 fully saturated rings. The quantitative estimate of drug-likeness (QED) is 0.568. The van der Waals surface area contributed by atoms with Gasteiger partial charge in [0.15, 0.2) is 18.1 Å². The summed E-state index contributed by atoms with van der Waals surface area (Å²) in [5, 5.41) is 1.59. The van der Waals surface area contributed by atoms with Gasteiger partial charge in [-0.3, -0.25) is 4.79 Å². The Bertz CT molecular complexity index is 629. The number of halogens is 3. The molecule has 0 aromatic heterocycles. The van der Waals surface area contributed by atoms with E-state index >= 15 is 0 Å². The first kappa shape index (κ1) is 20.3. The molecule has 138 valence electrons.